The fourth-order valence-electron chi connectivity index (χ4n) is 3.95. The number of carbonyl (C=O) groups excluding carboxylic acids is 1. The van der Waals surface area contributed by atoms with E-state index in [1.54, 1.807) is 47.4 Å². The van der Waals surface area contributed by atoms with Gasteiger partial charge in [-0.15, -0.1) is 0 Å². The molecule has 1 fully saturated rings. The second-order valence-corrected chi connectivity index (χ2v) is 10.0. The Hall–Kier alpha value is -3.16. The molecule has 3 aromatic rings. The van der Waals surface area contributed by atoms with E-state index in [4.69, 9.17) is 0 Å². The lowest BCUT2D eigenvalue weighted by Gasteiger charge is -2.30. The van der Waals surface area contributed by atoms with Gasteiger partial charge in [-0.3, -0.25) is 4.79 Å². The molecule has 0 bridgehead atoms. The molecule has 1 atom stereocenters. The Morgan fingerprint density at radius 3 is 2.09 bits per heavy atom. The zero-order valence-corrected chi connectivity index (χ0v) is 19.3. The Bertz CT molecular complexity index is 1190. The highest BCUT2D eigenvalue weighted by molar-refractivity contribution is 7.89. The molecule has 4 rings (SSSR count). The van der Waals surface area contributed by atoms with Gasteiger partial charge in [0.05, 0.1) is 4.90 Å². The Kier molecular flexibility index (Phi) is 6.04. The Morgan fingerprint density at radius 2 is 1.50 bits per heavy atom. The number of benzene rings is 3. The normalized spacial score (nSPS) is 16.8. The summed E-state index contributed by atoms with van der Waals surface area (Å²) in [5.41, 5.74) is 3.37. The molecule has 7 heteroatoms. The minimum absolute atomic E-state index is 0.183. The summed E-state index contributed by atoms with van der Waals surface area (Å²) in [6, 6.07) is 23.4. The van der Waals surface area contributed by atoms with E-state index in [1.807, 2.05) is 62.3 Å². The third kappa shape index (κ3) is 4.13. The molecule has 1 aliphatic heterocycles. The smallest absolute Gasteiger partial charge is 0.255 e. The predicted octanol–water partition coefficient (Wildman–Crippen LogP) is 3.91. The standard InChI is InChI=1S/C25H27N3O3S/c1-19-9-11-21(12-10-19)25(29)27-17-18-28(32(30,31)23-7-5-4-6-8-23)24(27)20-13-15-22(16-14-20)26(2)3/h4-16,24H,17-18H2,1-3H3. The maximum absolute atomic E-state index is 13.5. The molecule has 0 N–H and O–H groups in total. The molecule has 0 saturated carbocycles. The number of sulfonamides is 1. The van der Waals surface area contributed by atoms with Crippen LogP contribution in [0.1, 0.15) is 27.7 Å². The molecular formula is C25H27N3O3S. The first kappa shape index (κ1) is 22.0. The van der Waals surface area contributed by atoms with Gasteiger partial charge in [0.2, 0.25) is 10.0 Å². The lowest BCUT2D eigenvalue weighted by Crippen LogP contribution is -2.38. The third-order valence-electron chi connectivity index (χ3n) is 5.75. The van der Waals surface area contributed by atoms with Crippen molar-refractivity contribution in [2.24, 2.45) is 0 Å². The van der Waals surface area contributed by atoms with E-state index in [0.717, 1.165) is 16.8 Å². The van der Waals surface area contributed by atoms with E-state index in [1.165, 1.54) is 4.31 Å². The highest BCUT2D eigenvalue weighted by Gasteiger charge is 2.43. The first-order valence-corrected chi connectivity index (χ1v) is 11.9. The number of nitrogens with zero attached hydrogens (tertiary/aromatic N) is 3. The number of anilines is 1. The van der Waals surface area contributed by atoms with Gasteiger partial charge in [-0.1, -0.05) is 48.0 Å². The predicted molar refractivity (Wildman–Crippen MR) is 126 cm³/mol. The zero-order valence-electron chi connectivity index (χ0n) is 18.5. The number of carbonyl (C=O) groups is 1. The molecule has 1 amide bonds. The van der Waals surface area contributed by atoms with Crippen LogP contribution in [0.25, 0.3) is 0 Å². The number of amides is 1. The van der Waals surface area contributed by atoms with E-state index in [0.29, 0.717) is 12.1 Å². The summed E-state index contributed by atoms with van der Waals surface area (Å²) in [7, 11) is 0.108. The maximum atomic E-state index is 13.5. The van der Waals surface area contributed by atoms with E-state index in [2.05, 4.69) is 0 Å². The average molecular weight is 450 g/mol. The molecule has 1 unspecified atom stereocenters. The van der Waals surface area contributed by atoms with Crippen molar-refractivity contribution in [3.05, 3.63) is 95.6 Å². The monoisotopic (exact) mass is 449 g/mol. The molecule has 0 aliphatic carbocycles. The molecule has 0 radical (unpaired) electrons. The van der Waals surface area contributed by atoms with Crippen LogP contribution in [0.4, 0.5) is 5.69 Å². The van der Waals surface area contributed by atoms with Gasteiger partial charge < -0.3 is 9.80 Å². The summed E-state index contributed by atoms with van der Waals surface area (Å²) in [5, 5.41) is 0. The fourth-order valence-corrected chi connectivity index (χ4v) is 5.54. The van der Waals surface area contributed by atoms with Gasteiger partial charge in [0.25, 0.3) is 5.91 Å². The number of hydrogen-bond acceptors (Lipinski definition) is 4. The van der Waals surface area contributed by atoms with Crippen LogP contribution in [-0.4, -0.2) is 50.7 Å². The van der Waals surface area contributed by atoms with Crippen molar-refractivity contribution in [3.63, 3.8) is 0 Å². The number of hydrogen-bond donors (Lipinski definition) is 0. The van der Waals surface area contributed by atoms with E-state index < -0.39 is 16.2 Å². The Balaban J connectivity index is 1.77. The quantitative estimate of drug-likeness (QED) is 0.593. The van der Waals surface area contributed by atoms with Crippen LogP contribution in [0.2, 0.25) is 0 Å². The van der Waals surface area contributed by atoms with Crippen molar-refractivity contribution in [2.45, 2.75) is 18.0 Å². The van der Waals surface area contributed by atoms with Gasteiger partial charge in [0.1, 0.15) is 6.17 Å². The topological polar surface area (TPSA) is 60.9 Å². The zero-order chi connectivity index (χ0) is 22.9. The lowest BCUT2D eigenvalue weighted by molar-refractivity contribution is 0.0693. The summed E-state index contributed by atoms with van der Waals surface area (Å²) < 4.78 is 28.5. The Morgan fingerprint density at radius 1 is 0.875 bits per heavy atom. The molecule has 6 nitrogen and oxygen atoms in total. The van der Waals surface area contributed by atoms with Crippen molar-refractivity contribution in [2.75, 3.05) is 32.1 Å². The summed E-state index contributed by atoms with van der Waals surface area (Å²) >= 11 is 0. The largest absolute Gasteiger partial charge is 0.378 e. The molecule has 0 spiro atoms. The molecule has 0 aromatic heterocycles. The highest BCUT2D eigenvalue weighted by Crippen LogP contribution is 2.36. The van der Waals surface area contributed by atoms with Crippen LogP contribution in [0.3, 0.4) is 0 Å². The number of rotatable bonds is 5. The number of aryl methyl sites for hydroxylation is 1. The summed E-state index contributed by atoms with van der Waals surface area (Å²) in [6.45, 7) is 2.52. The van der Waals surface area contributed by atoms with Crippen molar-refractivity contribution in [1.29, 1.82) is 0 Å². The molecule has 1 aliphatic rings. The molecule has 1 heterocycles. The van der Waals surface area contributed by atoms with Gasteiger partial charge in [-0.05, 0) is 48.9 Å². The van der Waals surface area contributed by atoms with Gasteiger partial charge in [0.15, 0.2) is 0 Å². The van der Waals surface area contributed by atoms with E-state index in [-0.39, 0.29) is 17.3 Å². The fraction of sp³-hybridized carbons (Fsp3) is 0.240. The van der Waals surface area contributed by atoms with Crippen LogP contribution >= 0.6 is 0 Å². The van der Waals surface area contributed by atoms with E-state index in [9.17, 15) is 13.2 Å². The first-order chi connectivity index (χ1) is 15.3. The molecular weight excluding hydrogens is 422 g/mol. The van der Waals surface area contributed by atoms with E-state index >= 15 is 0 Å². The van der Waals surface area contributed by atoms with Crippen molar-refractivity contribution in [1.82, 2.24) is 9.21 Å². The second-order valence-electron chi connectivity index (χ2n) is 8.15. The lowest BCUT2D eigenvalue weighted by atomic mass is 10.1. The average Bonchev–Trinajstić information content (AvgIpc) is 3.26. The van der Waals surface area contributed by atoms with Gasteiger partial charge in [-0.2, -0.15) is 4.31 Å². The summed E-state index contributed by atoms with van der Waals surface area (Å²) in [4.78, 5) is 17.3. The van der Waals surface area contributed by atoms with Crippen molar-refractivity contribution >= 4 is 21.6 Å². The minimum atomic E-state index is -3.79. The summed E-state index contributed by atoms with van der Waals surface area (Å²) in [5.74, 6) is -0.183. The highest BCUT2D eigenvalue weighted by atomic mass is 32.2. The van der Waals surface area contributed by atoms with Crippen LogP contribution in [0.5, 0.6) is 0 Å². The van der Waals surface area contributed by atoms with Gasteiger partial charge in [-0.25, -0.2) is 8.42 Å². The molecule has 166 valence electrons. The van der Waals surface area contributed by atoms with Gasteiger partial charge >= 0.3 is 0 Å². The van der Waals surface area contributed by atoms with Crippen LogP contribution in [0.15, 0.2) is 83.8 Å². The van der Waals surface area contributed by atoms with Crippen LogP contribution < -0.4 is 4.90 Å². The third-order valence-corrected chi connectivity index (χ3v) is 7.61. The SMILES string of the molecule is Cc1ccc(C(=O)N2CCN(S(=O)(=O)c3ccccc3)C2c2ccc(N(C)C)cc2)cc1. The van der Waals surface area contributed by atoms with Crippen molar-refractivity contribution in [3.8, 4) is 0 Å². The minimum Gasteiger partial charge on any atom is -0.378 e. The first-order valence-electron chi connectivity index (χ1n) is 10.5. The van der Waals surface area contributed by atoms with Gasteiger partial charge in [0, 0.05) is 38.4 Å². The maximum Gasteiger partial charge on any atom is 0.255 e. The van der Waals surface area contributed by atoms with Crippen LogP contribution in [-0.2, 0) is 10.0 Å². The van der Waals surface area contributed by atoms with Crippen molar-refractivity contribution < 1.29 is 13.2 Å². The molecule has 3 aromatic carbocycles. The van der Waals surface area contributed by atoms with Crippen LogP contribution in [0, 0.1) is 6.92 Å². The molecule has 32 heavy (non-hydrogen) atoms. The molecule has 1 saturated heterocycles. The Labute approximate surface area is 189 Å². The summed E-state index contributed by atoms with van der Waals surface area (Å²) in [6.07, 6.45) is -0.717. The second kappa shape index (κ2) is 8.76.